The second-order valence-corrected chi connectivity index (χ2v) is 4.05. The predicted octanol–water partition coefficient (Wildman–Crippen LogP) is 2.60. The quantitative estimate of drug-likeness (QED) is 0.760. The molecular formula is C13H15N3O2. The minimum atomic E-state index is 0.497. The molecule has 2 aromatic heterocycles. The van der Waals surface area contributed by atoms with Crippen LogP contribution in [0.25, 0.3) is 0 Å². The van der Waals surface area contributed by atoms with Crippen LogP contribution in [0.4, 0.5) is 0 Å². The van der Waals surface area contributed by atoms with Crippen molar-refractivity contribution < 1.29 is 9.53 Å². The fourth-order valence-corrected chi connectivity index (χ4v) is 1.62. The molecule has 2 aromatic rings. The van der Waals surface area contributed by atoms with Gasteiger partial charge in [-0.05, 0) is 19.4 Å². The van der Waals surface area contributed by atoms with E-state index in [9.17, 15) is 4.79 Å². The van der Waals surface area contributed by atoms with E-state index in [4.69, 9.17) is 4.74 Å². The first-order valence-corrected chi connectivity index (χ1v) is 5.85. The zero-order valence-corrected chi connectivity index (χ0v) is 10.5. The van der Waals surface area contributed by atoms with Gasteiger partial charge in [0.2, 0.25) is 5.88 Å². The standard InChI is InChI=1S/C13H15N3O2/c1-3-4-16-8-12(7-15-16)18-13-10(2)5-11(9-17)6-14-13/h5-9H,3-4H2,1-2H3. The monoisotopic (exact) mass is 245 g/mol. The van der Waals surface area contributed by atoms with Crippen molar-refractivity contribution in [3.63, 3.8) is 0 Å². The highest BCUT2D eigenvalue weighted by atomic mass is 16.5. The first kappa shape index (κ1) is 12.3. The Kier molecular flexibility index (Phi) is 3.72. The third-order valence-corrected chi connectivity index (χ3v) is 2.46. The molecule has 0 unspecified atom stereocenters. The summed E-state index contributed by atoms with van der Waals surface area (Å²) in [5.41, 5.74) is 1.37. The maximum Gasteiger partial charge on any atom is 0.222 e. The highest BCUT2D eigenvalue weighted by Crippen LogP contribution is 2.22. The molecule has 5 heteroatoms. The normalized spacial score (nSPS) is 10.3. The molecule has 2 rings (SSSR count). The molecule has 18 heavy (non-hydrogen) atoms. The summed E-state index contributed by atoms with van der Waals surface area (Å²) in [5, 5.41) is 4.17. The number of aromatic nitrogens is 3. The SMILES string of the molecule is CCCn1cc(Oc2ncc(C=O)cc2C)cn1. The number of aldehydes is 1. The van der Waals surface area contributed by atoms with Crippen molar-refractivity contribution in [2.75, 3.05) is 0 Å². The van der Waals surface area contributed by atoms with Crippen molar-refractivity contribution in [3.05, 3.63) is 35.8 Å². The predicted molar refractivity (Wildman–Crippen MR) is 67.0 cm³/mol. The third kappa shape index (κ3) is 2.74. The van der Waals surface area contributed by atoms with Crippen LogP contribution in [0.5, 0.6) is 11.6 Å². The number of carbonyl (C=O) groups excluding carboxylic acids is 1. The maximum absolute atomic E-state index is 10.6. The van der Waals surface area contributed by atoms with Gasteiger partial charge in [0.05, 0.1) is 12.4 Å². The summed E-state index contributed by atoms with van der Waals surface area (Å²) in [6, 6.07) is 1.74. The van der Waals surface area contributed by atoms with Gasteiger partial charge in [0.15, 0.2) is 12.0 Å². The van der Waals surface area contributed by atoms with Crippen LogP contribution in [0.15, 0.2) is 24.7 Å². The van der Waals surface area contributed by atoms with E-state index in [1.807, 2.05) is 17.8 Å². The number of hydrogen-bond donors (Lipinski definition) is 0. The fraction of sp³-hybridized carbons (Fsp3) is 0.308. The second kappa shape index (κ2) is 5.44. The zero-order chi connectivity index (χ0) is 13.0. The Morgan fingerprint density at radius 2 is 2.28 bits per heavy atom. The van der Waals surface area contributed by atoms with Gasteiger partial charge in [0.1, 0.15) is 0 Å². The van der Waals surface area contributed by atoms with Gasteiger partial charge in [0.25, 0.3) is 0 Å². The van der Waals surface area contributed by atoms with Crippen LogP contribution in [0.3, 0.4) is 0 Å². The lowest BCUT2D eigenvalue weighted by molar-refractivity contribution is 0.112. The number of hydrogen-bond acceptors (Lipinski definition) is 4. The van der Waals surface area contributed by atoms with Crippen molar-refractivity contribution >= 4 is 6.29 Å². The smallest absolute Gasteiger partial charge is 0.222 e. The Bertz CT molecular complexity index is 549. The first-order chi connectivity index (χ1) is 8.72. The summed E-state index contributed by atoms with van der Waals surface area (Å²) in [6.45, 7) is 4.80. The van der Waals surface area contributed by atoms with Gasteiger partial charge in [-0.25, -0.2) is 4.98 Å². The summed E-state index contributed by atoms with van der Waals surface area (Å²) >= 11 is 0. The van der Waals surface area contributed by atoms with Gasteiger partial charge in [-0.3, -0.25) is 9.48 Å². The average molecular weight is 245 g/mol. The molecule has 0 bridgehead atoms. The Hall–Kier alpha value is -2.17. The summed E-state index contributed by atoms with van der Waals surface area (Å²) in [5.74, 6) is 1.15. The molecule has 0 aliphatic rings. The van der Waals surface area contributed by atoms with E-state index >= 15 is 0 Å². The molecule has 0 atom stereocenters. The van der Waals surface area contributed by atoms with E-state index in [0.29, 0.717) is 17.2 Å². The number of nitrogens with zero attached hydrogens (tertiary/aromatic N) is 3. The van der Waals surface area contributed by atoms with E-state index in [2.05, 4.69) is 17.0 Å². The number of carbonyl (C=O) groups is 1. The van der Waals surface area contributed by atoms with Crippen LogP contribution in [0, 0.1) is 6.92 Å². The second-order valence-electron chi connectivity index (χ2n) is 4.05. The lowest BCUT2D eigenvalue weighted by atomic mass is 10.2. The number of rotatable bonds is 5. The van der Waals surface area contributed by atoms with E-state index in [1.165, 1.54) is 6.20 Å². The molecule has 0 saturated heterocycles. The number of aryl methyl sites for hydroxylation is 2. The Morgan fingerprint density at radius 3 is 2.94 bits per heavy atom. The van der Waals surface area contributed by atoms with Gasteiger partial charge in [0, 0.05) is 23.9 Å². The first-order valence-electron chi connectivity index (χ1n) is 5.85. The molecule has 0 aliphatic carbocycles. The zero-order valence-electron chi connectivity index (χ0n) is 10.5. The van der Waals surface area contributed by atoms with E-state index in [0.717, 1.165) is 24.8 Å². The van der Waals surface area contributed by atoms with E-state index < -0.39 is 0 Å². The van der Waals surface area contributed by atoms with Crippen LogP contribution < -0.4 is 4.74 Å². The summed E-state index contributed by atoms with van der Waals surface area (Å²) in [6.07, 6.45) is 6.77. The average Bonchev–Trinajstić information content (AvgIpc) is 2.80. The molecule has 0 fully saturated rings. The lowest BCUT2D eigenvalue weighted by Crippen LogP contribution is -1.96. The molecule has 0 saturated carbocycles. The van der Waals surface area contributed by atoms with Crippen molar-refractivity contribution in [2.24, 2.45) is 0 Å². The van der Waals surface area contributed by atoms with Crippen molar-refractivity contribution in [1.29, 1.82) is 0 Å². The molecule has 0 aliphatic heterocycles. The highest BCUT2D eigenvalue weighted by Gasteiger charge is 2.06. The summed E-state index contributed by atoms with van der Waals surface area (Å²) < 4.78 is 7.45. The molecule has 0 radical (unpaired) electrons. The Morgan fingerprint density at radius 1 is 1.44 bits per heavy atom. The van der Waals surface area contributed by atoms with Gasteiger partial charge in [-0.2, -0.15) is 5.10 Å². The van der Waals surface area contributed by atoms with Gasteiger partial charge >= 0.3 is 0 Å². The van der Waals surface area contributed by atoms with Crippen LogP contribution >= 0.6 is 0 Å². The van der Waals surface area contributed by atoms with Crippen molar-refractivity contribution in [2.45, 2.75) is 26.8 Å². The summed E-state index contributed by atoms with van der Waals surface area (Å²) in [4.78, 5) is 14.7. The van der Waals surface area contributed by atoms with Gasteiger partial charge in [-0.15, -0.1) is 0 Å². The molecule has 0 spiro atoms. The summed E-state index contributed by atoms with van der Waals surface area (Å²) in [7, 11) is 0. The van der Waals surface area contributed by atoms with E-state index in [1.54, 1.807) is 12.3 Å². The minimum absolute atomic E-state index is 0.497. The van der Waals surface area contributed by atoms with Crippen LogP contribution in [-0.4, -0.2) is 21.1 Å². The van der Waals surface area contributed by atoms with Crippen molar-refractivity contribution in [3.8, 4) is 11.6 Å². The van der Waals surface area contributed by atoms with Crippen LogP contribution in [0.2, 0.25) is 0 Å². The Balaban J connectivity index is 2.15. The Labute approximate surface area is 105 Å². The van der Waals surface area contributed by atoms with Crippen molar-refractivity contribution in [1.82, 2.24) is 14.8 Å². The molecule has 0 N–H and O–H groups in total. The molecule has 2 heterocycles. The highest BCUT2D eigenvalue weighted by molar-refractivity contribution is 5.74. The largest absolute Gasteiger partial charge is 0.435 e. The van der Waals surface area contributed by atoms with Gasteiger partial charge in [-0.1, -0.05) is 6.92 Å². The van der Waals surface area contributed by atoms with Crippen LogP contribution in [-0.2, 0) is 6.54 Å². The molecule has 0 aromatic carbocycles. The molecule has 0 amide bonds. The van der Waals surface area contributed by atoms with E-state index in [-0.39, 0.29) is 0 Å². The topological polar surface area (TPSA) is 57.0 Å². The maximum atomic E-state index is 10.6. The third-order valence-electron chi connectivity index (χ3n) is 2.46. The molecular weight excluding hydrogens is 230 g/mol. The number of ether oxygens (including phenoxy) is 1. The molecule has 5 nitrogen and oxygen atoms in total. The van der Waals surface area contributed by atoms with Crippen LogP contribution in [0.1, 0.15) is 29.3 Å². The fourth-order valence-electron chi connectivity index (χ4n) is 1.62. The lowest BCUT2D eigenvalue weighted by Gasteiger charge is -2.05. The number of pyridine rings is 1. The van der Waals surface area contributed by atoms with Gasteiger partial charge < -0.3 is 4.74 Å². The minimum Gasteiger partial charge on any atom is -0.435 e. The molecule has 94 valence electrons.